The van der Waals surface area contributed by atoms with E-state index in [1.807, 2.05) is 0 Å². The summed E-state index contributed by atoms with van der Waals surface area (Å²) in [5.41, 5.74) is 1.46. The van der Waals surface area contributed by atoms with E-state index in [2.05, 4.69) is 32.2 Å². The standard InChI is InChI=1S/C16H29NO/c1-4-13-5-6-17-15(10-13)16(18)14-8-11(2)7-12(3)9-14/h7,11,13-18H,4-6,8-10H2,1-3H3. The fraction of sp³-hybridized carbons (Fsp3) is 0.875. The molecule has 5 unspecified atom stereocenters. The van der Waals surface area contributed by atoms with Crippen LogP contribution in [-0.2, 0) is 0 Å². The first-order valence-corrected chi connectivity index (χ1v) is 7.68. The predicted molar refractivity (Wildman–Crippen MR) is 76.5 cm³/mol. The van der Waals surface area contributed by atoms with Crippen molar-refractivity contribution >= 4 is 0 Å². The van der Waals surface area contributed by atoms with E-state index in [9.17, 15) is 5.11 Å². The van der Waals surface area contributed by atoms with Gasteiger partial charge in [-0.3, -0.25) is 0 Å². The maximum absolute atomic E-state index is 10.7. The van der Waals surface area contributed by atoms with Gasteiger partial charge >= 0.3 is 0 Å². The van der Waals surface area contributed by atoms with E-state index < -0.39 is 0 Å². The van der Waals surface area contributed by atoms with Crippen molar-refractivity contribution in [3.63, 3.8) is 0 Å². The Morgan fingerprint density at radius 3 is 2.89 bits per heavy atom. The molecule has 2 rings (SSSR count). The summed E-state index contributed by atoms with van der Waals surface area (Å²) in [6, 6.07) is 0.326. The van der Waals surface area contributed by atoms with Crippen molar-refractivity contribution in [3.05, 3.63) is 11.6 Å². The lowest BCUT2D eigenvalue weighted by molar-refractivity contribution is 0.0382. The highest BCUT2D eigenvalue weighted by Crippen LogP contribution is 2.33. The van der Waals surface area contributed by atoms with Gasteiger partial charge in [0, 0.05) is 6.04 Å². The number of rotatable bonds is 3. The summed E-state index contributed by atoms with van der Waals surface area (Å²) in [6.07, 6.45) is 8.13. The van der Waals surface area contributed by atoms with Crippen molar-refractivity contribution < 1.29 is 5.11 Å². The second-order valence-corrected chi connectivity index (χ2v) is 6.54. The molecule has 2 aliphatic rings. The van der Waals surface area contributed by atoms with E-state index in [4.69, 9.17) is 0 Å². The van der Waals surface area contributed by atoms with Gasteiger partial charge < -0.3 is 10.4 Å². The quantitative estimate of drug-likeness (QED) is 0.755. The fourth-order valence-electron chi connectivity index (χ4n) is 3.85. The lowest BCUT2D eigenvalue weighted by atomic mass is 9.76. The van der Waals surface area contributed by atoms with Crippen LogP contribution in [0.25, 0.3) is 0 Å². The van der Waals surface area contributed by atoms with Crippen molar-refractivity contribution in [1.82, 2.24) is 5.32 Å². The number of allylic oxidation sites excluding steroid dienone is 2. The molecule has 0 bridgehead atoms. The lowest BCUT2D eigenvalue weighted by Crippen LogP contribution is -2.49. The molecule has 0 saturated carbocycles. The van der Waals surface area contributed by atoms with Crippen LogP contribution in [0.15, 0.2) is 11.6 Å². The molecule has 1 fully saturated rings. The number of hydrogen-bond acceptors (Lipinski definition) is 2. The Balaban J connectivity index is 1.94. The van der Waals surface area contributed by atoms with Crippen LogP contribution in [-0.4, -0.2) is 23.8 Å². The highest BCUT2D eigenvalue weighted by Gasteiger charge is 2.33. The minimum Gasteiger partial charge on any atom is -0.391 e. The van der Waals surface area contributed by atoms with Crippen LogP contribution in [0.1, 0.15) is 52.9 Å². The molecule has 0 aromatic rings. The van der Waals surface area contributed by atoms with Crippen LogP contribution in [0, 0.1) is 17.8 Å². The average molecular weight is 251 g/mol. The first-order valence-electron chi connectivity index (χ1n) is 7.68. The summed E-state index contributed by atoms with van der Waals surface area (Å²) in [7, 11) is 0. The molecule has 2 N–H and O–H groups in total. The third kappa shape index (κ3) is 3.36. The normalized spacial score (nSPS) is 39.2. The molecular weight excluding hydrogens is 222 g/mol. The van der Waals surface area contributed by atoms with Gasteiger partial charge in [0.1, 0.15) is 0 Å². The van der Waals surface area contributed by atoms with E-state index in [0.29, 0.717) is 17.9 Å². The molecule has 1 aliphatic carbocycles. The third-order valence-electron chi connectivity index (χ3n) is 4.85. The monoisotopic (exact) mass is 251 g/mol. The van der Waals surface area contributed by atoms with Crippen LogP contribution in [0.3, 0.4) is 0 Å². The van der Waals surface area contributed by atoms with E-state index in [-0.39, 0.29) is 6.10 Å². The Morgan fingerprint density at radius 1 is 1.44 bits per heavy atom. The van der Waals surface area contributed by atoms with Gasteiger partial charge in [-0.1, -0.05) is 31.9 Å². The van der Waals surface area contributed by atoms with Crippen molar-refractivity contribution in [2.75, 3.05) is 6.54 Å². The molecule has 1 heterocycles. The Kier molecular flexibility index (Phi) is 4.85. The Bertz CT molecular complexity index is 299. The van der Waals surface area contributed by atoms with Gasteiger partial charge in [-0.15, -0.1) is 0 Å². The summed E-state index contributed by atoms with van der Waals surface area (Å²) in [5.74, 6) is 1.89. The van der Waals surface area contributed by atoms with Crippen LogP contribution < -0.4 is 5.32 Å². The van der Waals surface area contributed by atoms with Gasteiger partial charge in [0.25, 0.3) is 0 Å². The fourth-order valence-corrected chi connectivity index (χ4v) is 3.85. The molecule has 5 atom stereocenters. The molecule has 104 valence electrons. The molecule has 1 saturated heterocycles. The summed E-state index contributed by atoms with van der Waals surface area (Å²) < 4.78 is 0. The zero-order chi connectivity index (χ0) is 13.1. The van der Waals surface area contributed by atoms with Crippen molar-refractivity contribution in [2.45, 2.75) is 65.0 Å². The van der Waals surface area contributed by atoms with E-state index >= 15 is 0 Å². The minimum absolute atomic E-state index is 0.162. The van der Waals surface area contributed by atoms with Crippen LogP contribution in [0.2, 0.25) is 0 Å². The molecular formula is C16H29NO. The average Bonchev–Trinajstić information content (AvgIpc) is 2.37. The topological polar surface area (TPSA) is 32.3 Å². The van der Waals surface area contributed by atoms with E-state index in [1.54, 1.807) is 0 Å². The van der Waals surface area contributed by atoms with Gasteiger partial charge in [-0.05, 0) is 56.9 Å². The SMILES string of the molecule is CCC1CCNC(C(O)C2CC(C)=CC(C)C2)C1. The van der Waals surface area contributed by atoms with Gasteiger partial charge in [0.05, 0.1) is 6.10 Å². The Labute approximate surface area is 112 Å². The Morgan fingerprint density at radius 2 is 2.22 bits per heavy atom. The number of piperidine rings is 1. The van der Waals surface area contributed by atoms with Gasteiger partial charge in [0.2, 0.25) is 0 Å². The summed E-state index contributed by atoms with van der Waals surface area (Å²) in [4.78, 5) is 0. The Hall–Kier alpha value is -0.340. The van der Waals surface area contributed by atoms with Gasteiger partial charge in [-0.25, -0.2) is 0 Å². The van der Waals surface area contributed by atoms with Gasteiger partial charge in [0.15, 0.2) is 0 Å². The molecule has 2 heteroatoms. The van der Waals surface area contributed by atoms with Gasteiger partial charge in [-0.2, -0.15) is 0 Å². The highest BCUT2D eigenvalue weighted by atomic mass is 16.3. The maximum atomic E-state index is 10.7. The molecule has 0 amide bonds. The largest absolute Gasteiger partial charge is 0.391 e. The van der Waals surface area contributed by atoms with E-state index in [0.717, 1.165) is 31.7 Å². The summed E-state index contributed by atoms with van der Waals surface area (Å²) in [6.45, 7) is 7.83. The third-order valence-corrected chi connectivity index (χ3v) is 4.85. The van der Waals surface area contributed by atoms with Crippen LogP contribution in [0.4, 0.5) is 0 Å². The predicted octanol–water partition coefficient (Wildman–Crippen LogP) is 3.12. The summed E-state index contributed by atoms with van der Waals surface area (Å²) in [5, 5.41) is 14.2. The molecule has 18 heavy (non-hydrogen) atoms. The van der Waals surface area contributed by atoms with Crippen molar-refractivity contribution in [2.24, 2.45) is 17.8 Å². The molecule has 0 aromatic carbocycles. The zero-order valence-corrected chi connectivity index (χ0v) is 12.2. The smallest absolute Gasteiger partial charge is 0.0724 e. The van der Waals surface area contributed by atoms with E-state index in [1.165, 1.54) is 18.4 Å². The minimum atomic E-state index is -0.162. The molecule has 0 spiro atoms. The zero-order valence-electron chi connectivity index (χ0n) is 12.2. The highest BCUT2D eigenvalue weighted by molar-refractivity contribution is 5.08. The lowest BCUT2D eigenvalue weighted by Gasteiger charge is -2.38. The number of aliphatic hydroxyl groups is 1. The second kappa shape index (κ2) is 6.21. The first kappa shape index (κ1) is 14.1. The molecule has 0 aromatic heterocycles. The second-order valence-electron chi connectivity index (χ2n) is 6.54. The summed E-state index contributed by atoms with van der Waals surface area (Å²) >= 11 is 0. The molecule has 2 nitrogen and oxygen atoms in total. The number of hydrogen-bond donors (Lipinski definition) is 2. The van der Waals surface area contributed by atoms with Crippen LogP contribution in [0.5, 0.6) is 0 Å². The number of aliphatic hydroxyl groups excluding tert-OH is 1. The molecule has 0 radical (unpaired) electrons. The van der Waals surface area contributed by atoms with Crippen LogP contribution >= 0.6 is 0 Å². The van der Waals surface area contributed by atoms with Crippen molar-refractivity contribution in [1.29, 1.82) is 0 Å². The first-order chi connectivity index (χ1) is 8.60. The molecule has 1 aliphatic heterocycles. The maximum Gasteiger partial charge on any atom is 0.0724 e. The number of nitrogens with one attached hydrogen (secondary N) is 1. The van der Waals surface area contributed by atoms with Crippen molar-refractivity contribution in [3.8, 4) is 0 Å².